The summed E-state index contributed by atoms with van der Waals surface area (Å²) in [6.07, 6.45) is 0.150. The van der Waals surface area contributed by atoms with E-state index < -0.39 is 12.0 Å². The second-order valence-electron chi connectivity index (χ2n) is 2.53. The largest absolute Gasteiger partial charge is 0.475 e. The van der Waals surface area contributed by atoms with E-state index in [9.17, 15) is 5.11 Å². The van der Waals surface area contributed by atoms with Crippen molar-refractivity contribution in [3.05, 3.63) is 16.6 Å². The molecule has 0 rings (SSSR count). The molecular formula is C8H15N2O3+. The van der Waals surface area contributed by atoms with Crippen LogP contribution in [0.5, 0.6) is 0 Å². The Kier molecular flexibility index (Phi) is 5.64. The number of nitrogens with zero attached hydrogens (tertiary/aromatic N) is 2. The fourth-order valence-corrected chi connectivity index (χ4v) is 0.873. The average Bonchev–Trinajstić information content (AvgIpc) is 2.06. The number of aliphatic hydroxyl groups is 2. The maximum atomic E-state index is 9.35. The third-order valence-electron chi connectivity index (χ3n) is 1.49. The lowest BCUT2D eigenvalue weighted by Crippen LogP contribution is -2.11. The second-order valence-corrected chi connectivity index (χ2v) is 2.53. The highest BCUT2D eigenvalue weighted by molar-refractivity contribution is 5.14. The number of ether oxygens (including phenoxy) is 1. The Morgan fingerprint density at radius 3 is 2.54 bits per heavy atom. The maximum absolute atomic E-state index is 9.35. The van der Waals surface area contributed by atoms with E-state index in [0.717, 1.165) is 6.42 Å². The summed E-state index contributed by atoms with van der Waals surface area (Å²) < 4.78 is 4.68. The Labute approximate surface area is 77.3 Å². The molecule has 0 aromatic carbocycles. The van der Waals surface area contributed by atoms with Crippen LogP contribution in [0.2, 0.25) is 0 Å². The molecule has 0 saturated carbocycles. The molecule has 1 atom stereocenters. The summed E-state index contributed by atoms with van der Waals surface area (Å²) in [7, 11) is 0. The minimum atomic E-state index is -0.985. The fraction of sp³-hybridized carbons (Fsp3) is 0.750. The standard InChI is InChI=1S/C8H14N2O3/c1-3-5-6(11)7(10-9)8(12)13-4-2/h6,11H,3-5H2,1-2H3/p+1/b8-7-. The van der Waals surface area contributed by atoms with Crippen molar-refractivity contribution >= 4 is 0 Å². The van der Waals surface area contributed by atoms with Crippen molar-refractivity contribution in [3.63, 3.8) is 0 Å². The molecule has 0 aliphatic heterocycles. The first-order chi connectivity index (χ1) is 6.17. The van der Waals surface area contributed by atoms with Gasteiger partial charge in [0.05, 0.1) is 6.61 Å². The minimum absolute atomic E-state index is 0.219. The molecule has 0 heterocycles. The molecular weight excluding hydrogens is 172 g/mol. The molecule has 0 saturated heterocycles. The fourth-order valence-electron chi connectivity index (χ4n) is 0.873. The van der Waals surface area contributed by atoms with Crippen LogP contribution >= 0.6 is 0 Å². The third-order valence-corrected chi connectivity index (χ3v) is 1.49. The molecule has 0 aromatic heterocycles. The molecule has 0 radical (unpaired) electrons. The van der Waals surface area contributed by atoms with Gasteiger partial charge < -0.3 is 14.9 Å². The SMILES string of the molecule is CCCC(O)/C([N+]#N)=C(\O)OCC. The van der Waals surface area contributed by atoms with Crippen LogP contribution in [-0.4, -0.2) is 22.9 Å². The maximum Gasteiger partial charge on any atom is 0.468 e. The van der Waals surface area contributed by atoms with Gasteiger partial charge in [0.25, 0.3) is 0 Å². The summed E-state index contributed by atoms with van der Waals surface area (Å²) in [5.41, 5.74) is -0.219. The minimum Gasteiger partial charge on any atom is -0.475 e. The zero-order chi connectivity index (χ0) is 10.3. The normalized spacial score (nSPS) is 14.3. The van der Waals surface area contributed by atoms with E-state index in [-0.39, 0.29) is 12.3 Å². The highest BCUT2D eigenvalue weighted by Crippen LogP contribution is 2.14. The molecule has 0 aliphatic carbocycles. The Hall–Kier alpha value is -1.28. The van der Waals surface area contributed by atoms with Gasteiger partial charge in [-0.3, -0.25) is 0 Å². The third kappa shape index (κ3) is 3.76. The predicted octanol–water partition coefficient (Wildman–Crippen LogP) is 1.76. The molecule has 0 fully saturated rings. The van der Waals surface area contributed by atoms with E-state index in [2.05, 4.69) is 9.71 Å². The van der Waals surface area contributed by atoms with Crippen LogP contribution in [-0.2, 0) is 4.74 Å². The zero-order valence-corrected chi connectivity index (χ0v) is 7.90. The summed E-state index contributed by atoms with van der Waals surface area (Å²) >= 11 is 0. The van der Waals surface area contributed by atoms with Crippen LogP contribution in [0.3, 0.4) is 0 Å². The van der Waals surface area contributed by atoms with Gasteiger partial charge in [0.15, 0.2) is 11.1 Å². The van der Waals surface area contributed by atoms with E-state index in [1.807, 2.05) is 6.92 Å². The van der Waals surface area contributed by atoms with E-state index in [4.69, 9.17) is 10.5 Å². The average molecular weight is 187 g/mol. The molecule has 5 nitrogen and oxygen atoms in total. The first kappa shape index (κ1) is 11.7. The topological polar surface area (TPSA) is 77.8 Å². The Morgan fingerprint density at radius 2 is 2.15 bits per heavy atom. The van der Waals surface area contributed by atoms with Gasteiger partial charge in [0, 0.05) is 0 Å². The lowest BCUT2D eigenvalue weighted by Gasteiger charge is -2.01. The smallest absolute Gasteiger partial charge is 0.468 e. The number of diazo groups is 1. The first-order valence-corrected chi connectivity index (χ1v) is 4.26. The van der Waals surface area contributed by atoms with Gasteiger partial charge in [-0.05, 0) is 13.3 Å². The van der Waals surface area contributed by atoms with Crippen LogP contribution in [0.1, 0.15) is 26.7 Å². The monoisotopic (exact) mass is 187 g/mol. The van der Waals surface area contributed by atoms with Gasteiger partial charge in [-0.2, -0.15) is 0 Å². The van der Waals surface area contributed by atoms with Gasteiger partial charge >= 0.3 is 11.6 Å². The number of aliphatic hydroxyl groups excluding tert-OH is 2. The lowest BCUT2D eigenvalue weighted by molar-refractivity contribution is 0.0863. The summed E-state index contributed by atoms with van der Waals surface area (Å²) in [5, 5.41) is 27.0. The Morgan fingerprint density at radius 1 is 1.54 bits per heavy atom. The molecule has 0 amide bonds. The summed E-state index contributed by atoms with van der Waals surface area (Å²) in [5.74, 6) is -0.522. The number of hydrogen-bond acceptors (Lipinski definition) is 4. The quantitative estimate of drug-likeness (QED) is 0.507. The van der Waals surface area contributed by atoms with E-state index in [1.54, 1.807) is 6.92 Å². The van der Waals surface area contributed by atoms with Crippen molar-refractivity contribution in [1.29, 1.82) is 5.39 Å². The Bertz CT molecular complexity index is 220. The van der Waals surface area contributed by atoms with Gasteiger partial charge in [-0.25, -0.2) is 0 Å². The predicted molar refractivity (Wildman–Crippen MR) is 47.3 cm³/mol. The zero-order valence-electron chi connectivity index (χ0n) is 7.90. The van der Waals surface area contributed by atoms with Crippen molar-refractivity contribution < 1.29 is 14.9 Å². The molecule has 0 bridgehead atoms. The van der Waals surface area contributed by atoms with Crippen LogP contribution in [0.25, 0.3) is 4.98 Å². The van der Waals surface area contributed by atoms with Gasteiger partial charge in [-0.1, -0.05) is 13.3 Å². The molecule has 13 heavy (non-hydrogen) atoms. The molecule has 2 N–H and O–H groups in total. The van der Waals surface area contributed by atoms with Crippen molar-refractivity contribution in [3.8, 4) is 0 Å². The van der Waals surface area contributed by atoms with Crippen molar-refractivity contribution in [2.24, 2.45) is 0 Å². The summed E-state index contributed by atoms with van der Waals surface area (Å²) in [6, 6.07) is 0. The van der Waals surface area contributed by atoms with Crippen LogP contribution < -0.4 is 0 Å². The molecule has 1 unspecified atom stereocenters. The molecule has 5 heteroatoms. The lowest BCUT2D eigenvalue weighted by atomic mass is 10.1. The highest BCUT2D eigenvalue weighted by atomic mass is 16.6. The van der Waals surface area contributed by atoms with Gasteiger partial charge in [0.2, 0.25) is 5.39 Å². The van der Waals surface area contributed by atoms with Crippen molar-refractivity contribution in [2.45, 2.75) is 32.8 Å². The van der Waals surface area contributed by atoms with E-state index in [1.165, 1.54) is 0 Å². The van der Waals surface area contributed by atoms with Crippen molar-refractivity contribution in [1.82, 2.24) is 0 Å². The van der Waals surface area contributed by atoms with Gasteiger partial charge in [-0.15, -0.1) is 0 Å². The number of rotatable bonds is 5. The molecule has 0 aliphatic rings. The number of hydrogen-bond donors (Lipinski definition) is 2. The van der Waals surface area contributed by atoms with Crippen LogP contribution in [0.4, 0.5) is 0 Å². The first-order valence-electron chi connectivity index (χ1n) is 4.26. The van der Waals surface area contributed by atoms with Gasteiger partial charge in [0.1, 0.15) is 0 Å². The van der Waals surface area contributed by atoms with Crippen molar-refractivity contribution in [2.75, 3.05) is 6.61 Å². The van der Waals surface area contributed by atoms with Crippen LogP contribution in [0, 0.1) is 5.39 Å². The Balaban J connectivity index is 4.48. The summed E-state index contributed by atoms with van der Waals surface area (Å²) in [6.45, 7) is 3.80. The molecule has 0 aromatic rings. The van der Waals surface area contributed by atoms with E-state index in [0.29, 0.717) is 6.42 Å². The molecule has 74 valence electrons. The van der Waals surface area contributed by atoms with Crippen LogP contribution in [0.15, 0.2) is 11.6 Å². The highest BCUT2D eigenvalue weighted by Gasteiger charge is 2.29. The molecule has 0 spiro atoms. The second kappa shape index (κ2) is 6.26. The summed E-state index contributed by atoms with van der Waals surface area (Å²) in [4.78, 5) is 2.78. The van der Waals surface area contributed by atoms with E-state index >= 15 is 0 Å².